The van der Waals surface area contributed by atoms with Gasteiger partial charge in [-0.3, -0.25) is 14.5 Å². The summed E-state index contributed by atoms with van der Waals surface area (Å²) in [4.78, 5) is 29.5. The largest absolute Gasteiger partial charge is 0.342 e. The Hall–Kier alpha value is -2.66. The molecule has 5 heteroatoms. The number of carbonyl (C=O) groups is 2. The molecule has 0 aromatic heterocycles. The lowest BCUT2D eigenvalue weighted by Crippen LogP contribution is -2.46. The van der Waals surface area contributed by atoms with Crippen molar-refractivity contribution in [2.24, 2.45) is 5.92 Å². The fourth-order valence-corrected chi connectivity index (χ4v) is 5.04. The minimum Gasteiger partial charge on any atom is -0.342 e. The number of para-hydroxylation sites is 1. The Morgan fingerprint density at radius 3 is 2.28 bits per heavy atom. The molecule has 1 atom stereocenters. The summed E-state index contributed by atoms with van der Waals surface area (Å²) in [6.07, 6.45) is 5.79. The van der Waals surface area contributed by atoms with E-state index in [2.05, 4.69) is 40.5 Å². The number of hydrogen-bond acceptors (Lipinski definition) is 3. The minimum atomic E-state index is 0.0766. The average Bonchev–Trinajstić information content (AvgIpc) is 2.84. The molecule has 2 heterocycles. The summed E-state index contributed by atoms with van der Waals surface area (Å²) in [6.45, 7) is 4.16. The van der Waals surface area contributed by atoms with Crippen LogP contribution < -0.4 is 5.32 Å². The van der Waals surface area contributed by atoms with Crippen molar-refractivity contribution in [2.75, 3.05) is 38.0 Å². The second-order valence-corrected chi connectivity index (χ2v) is 9.26. The van der Waals surface area contributed by atoms with Gasteiger partial charge in [-0.15, -0.1) is 0 Å². The highest BCUT2D eigenvalue weighted by Crippen LogP contribution is 2.27. The molecule has 0 spiro atoms. The number of hydrogen-bond donors (Lipinski definition) is 1. The molecule has 2 aromatic carbocycles. The second-order valence-electron chi connectivity index (χ2n) is 9.26. The standard InChI is InChI=1S/C27H35N3O2/c31-26(28-25-11-5-2-6-12-25)14-13-22-15-18-30(19-16-22)27(32)21-29-17-7-10-24(20-29)23-8-3-1-4-9-23/h1-6,8-9,11-12,22,24H,7,10,13-21H2,(H,28,31). The number of nitrogens with one attached hydrogen (secondary N) is 1. The van der Waals surface area contributed by atoms with Crippen LogP contribution >= 0.6 is 0 Å². The third-order valence-corrected chi connectivity index (χ3v) is 6.94. The molecule has 0 radical (unpaired) electrons. The Bertz CT molecular complexity index is 863. The van der Waals surface area contributed by atoms with Gasteiger partial charge in [-0.2, -0.15) is 0 Å². The molecule has 0 saturated carbocycles. The lowest BCUT2D eigenvalue weighted by molar-refractivity contribution is -0.134. The molecule has 1 N–H and O–H groups in total. The first kappa shape index (κ1) is 22.5. The van der Waals surface area contributed by atoms with E-state index in [1.54, 1.807) is 0 Å². The Labute approximate surface area is 191 Å². The molecule has 5 nitrogen and oxygen atoms in total. The highest BCUT2D eigenvalue weighted by Gasteiger charge is 2.27. The van der Waals surface area contributed by atoms with Gasteiger partial charge in [-0.1, -0.05) is 48.5 Å². The summed E-state index contributed by atoms with van der Waals surface area (Å²) in [5.41, 5.74) is 2.24. The predicted molar refractivity (Wildman–Crippen MR) is 128 cm³/mol. The monoisotopic (exact) mass is 433 g/mol. The van der Waals surface area contributed by atoms with Gasteiger partial charge < -0.3 is 10.2 Å². The maximum Gasteiger partial charge on any atom is 0.236 e. The van der Waals surface area contributed by atoms with Crippen LogP contribution in [0.2, 0.25) is 0 Å². The molecular formula is C27H35N3O2. The van der Waals surface area contributed by atoms with E-state index in [4.69, 9.17) is 0 Å². The van der Waals surface area contributed by atoms with Gasteiger partial charge in [0.15, 0.2) is 0 Å². The number of benzene rings is 2. The van der Waals surface area contributed by atoms with Crippen molar-refractivity contribution >= 4 is 17.5 Å². The predicted octanol–water partition coefficient (Wildman–Crippen LogP) is 4.52. The van der Waals surface area contributed by atoms with Crippen LogP contribution in [-0.4, -0.2) is 54.3 Å². The second kappa shape index (κ2) is 11.3. The molecule has 2 aromatic rings. The normalized spacial score (nSPS) is 20.1. The highest BCUT2D eigenvalue weighted by molar-refractivity contribution is 5.90. The van der Waals surface area contributed by atoms with Crippen LogP contribution in [0.5, 0.6) is 0 Å². The van der Waals surface area contributed by atoms with Gasteiger partial charge in [-0.05, 0) is 68.2 Å². The van der Waals surface area contributed by atoms with Crippen molar-refractivity contribution in [3.8, 4) is 0 Å². The Morgan fingerprint density at radius 2 is 1.56 bits per heavy atom. The number of rotatable bonds is 7. The first-order valence-corrected chi connectivity index (χ1v) is 12.1. The van der Waals surface area contributed by atoms with Gasteiger partial charge in [0.2, 0.25) is 11.8 Å². The molecule has 32 heavy (non-hydrogen) atoms. The van der Waals surface area contributed by atoms with Crippen molar-refractivity contribution in [1.29, 1.82) is 0 Å². The number of piperidine rings is 2. The molecule has 2 saturated heterocycles. The molecule has 2 aliphatic rings. The van der Waals surface area contributed by atoms with Crippen LogP contribution in [0.1, 0.15) is 50.0 Å². The molecule has 2 aliphatic heterocycles. The maximum atomic E-state index is 12.9. The van der Waals surface area contributed by atoms with Crippen molar-refractivity contribution < 1.29 is 9.59 Å². The minimum absolute atomic E-state index is 0.0766. The molecular weight excluding hydrogens is 398 g/mol. The molecule has 4 rings (SSSR count). The summed E-state index contributed by atoms with van der Waals surface area (Å²) in [5.74, 6) is 1.40. The van der Waals surface area contributed by atoms with E-state index < -0.39 is 0 Å². The van der Waals surface area contributed by atoms with Crippen LogP contribution in [0.15, 0.2) is 60.7 Å². The molecule has 170 valence electrons. The van der Waals surface area contributed by atoms with Crippen molar-refractivity contribution in [1.82, 2.24) is 9.80 Å². The van der Waals surface area contributed by atoms with E-state index in [1.165, 1.54) is 12.0 Å². The summed E-state index contributed by atoms with van der Waals surface area (Å²) in [6, 6.07) is 20.3. The lowest BCUT2D eigenvalue weighted by atomic mass is 9.90. The van der Waals surface area contributed by atoms with Gasteiger partial charge in [0.25, 0.3) is 0 Å². The third-order valence-electron chi connectivity index (χ3n) is 6.94. The Kier molecular flexibility index (Phi) is 7.94. The van der Waals surface area contributed by atoms with Gasteiger partial charge in [0.05, 0.1) is 6.54 Å². The van der Waals surface area contributed by atoms with Crippen molar-refractivity contribution in [2.45, 2.75) is 44.4 Å². The van der Waals surface area contributed by atoms with E-state index in [0.29, 0.717) is 24.8 Å². The smallest absolute Gasteiger partial charge is 0.236 e. The quantitative estimate of drug-likeness (QED) is 0.698. The number of amides is 2. The maximum absolute atomic E-state index is 12.9. The Morgan fingerprint density at radius 1 is 0.875 bits per heavy atom. The van der Waals surface area contributed by atoms with Crippen LogP contribution in [0.4, 0.5) is 5.69 Å². The summed E-state index contributed by atoms with van der Waals surface area (Å²) in [7, 11) is 0. The average molecular weight is 434 g/mol. The van der Waals surface area contributed by atoms with Gasteiger partial charge in [-0.25, -0.2) is 0 Å². The summed E-state index contributed by atoms with van der Waals surface area (Å²) < 4.78 is 0. The molecule has 1 unspecified atom stereocenters. The van der Waals surface area contributed by atoms with Gasteiger partial charge in [0.1, 0.15) is 0 Å². The zero-order valence-electron chi connectivity index (χ0n) is 18.9. The van der Waals surface area contributed by atoms with Gasteiger partial charge in [0, 0.05) is 31.7 Å². The van der Waals surface area contributed by atoms with Crippen molar-refractivity contribution in [3.05, 3.63) is 66.2 Å². The van der Waals surface area contributed by atoms with E-state index in [1.807, 2.05) is 35.2 Å². The molecule has 2 amide bonds. The zero-order chi connectivity index (χ0) is 22.2. The number of carbonyl (C=O) groups excluding carboxylic acids is 2. The lowest BCUT2D eigenvalue weighted by Gasteiger charge is -2.36. The fraction of sp³-hybridized carbons (Fsp3) is 0.481. The summed E-state index contributed by atoms with van der Waals surface area (Å²) >= 11 is 0. The molecule has 0 bridgehead atoms. The van der Waals surface area contributed by atoms with E-state index in [0.717, 1.165) is 57.5 Å². The van der Waals surface area contributed by atoms with E-state index in [9.17, 15) is 9.59 Å². The zero-order valence-corrected chi connectivity index (χ0v) is 18.9. The molecule has 0 aliphatic carbocycles. The topological polar surface area (TPSA) is 52.7 Å². The number of nitrogens with zero attached hydrogens (tertiary/aromatic N) is 2. The first-order valence-electron chi connectivity index (χ1n) is 12.1. The number of likely N-dealkylation sites (tertiary alicyclic amines) is 2. The van der Waals surface area contributed by atoms with E-state index >= 15 is 0 Å². The fourth-order valence-electron chi connectivity index (χ4n) is 5.04. The first-order chi connectivity index (χ1) is 15.7. The van der Waals surface area contributed by atoms with Crippen LogP contribution in [-0.2, 0) is 9.59 Å². The third kappa shape index (κ3) is 6.42. The van der Waals surface area contributed by atoms with Crippen molar-refractivity contribution in [3.63, 3.8) is 0 Å². The van der Waals surface area contributed by atoms with Crippen LogP contribution in [0, 0.1) is 5.92 Å². The highest BCUT2D eigenvalue weighted by atomic mass is 16.2. The van der Waals surface area contributed by atoms with Crippen LogP contribution in [0.3, 0.4) is 0 Å². The molecule has 2 fully saturated rings. The van der Waals surface area contributed by atoms with Gasteiger partial charge >= 0.3 is 0 Å². The SMILES string of the molecule is O=C(CCC1CCN(C(=O)CN2CCCC(c3ccccc3)C2)CC1)Nc1ccccc1. The summed E-state index contributed by atoms with van der Waals surface area (Å²) in [5, 5.41) is 2.96. The number of anilines is 1. The van der Waals surface area contributed by atoms with Crippen LogP contribution in [0.25, 0.3) is 0 Å². The van der Waals surface area contributed by atoms with E-state index in [-0.39, 0.29) is 11.8 Å². The Balaban J connectivity index is 1.16.